The van der Waals surface area contributed by atoms with Gasteiger partial charge in [0.05, 0.1) is 18.8 Å². The molecule has 0 unspecified atom stereocenters. The van der Waals surface area contributed by atoms with Crippen LogP contribution in [0.5, 0.6) is 0 Å². The Hall–Kier alpha value is -2.72. The predicted molar refractivity (Wildman–Crippen MR) is 159 cm³/mol. The minimum absolute atomic E-state index is 0.127. The second kappa shape index (κ2) is 13.8. The van der Waals surface area contributed by atoms with Crippen LogP contribution < -0.4 is 16.1 Å². The first kappa shape index (κ1) is 31.8. The quantitative estimate of drug-likeness (QED) is 0.121. The zero-order valence-electron chi connectivity index (χ0n) is 24.6. The third-order valence-corrected chi connectivity index (χ3v) is 12.4. The van der Waals surface area contributed by atoms with Crippen LogP contribution in [0, 0.1) is 0 Å². The van der Waals surface area contributed by atoms with Gasteiger partial charge in [-0.2, -0.15) is 0 Å². The van der Waals surface area contributed by atoms with E-state index in [0.717, 1.165) is 0 Å². The average Bonchev–Trinajstić information content (AvgIpc) is 3.21. The lowest BCUT2D eigenvalue weighted by molar-refractivity contribution is -0.148. The molecule has 2 aromatic rings. The Morgan fingerprint density at radius 2 is 1.57 bits per heavy atom. The van der Waals surface area contributed by atoms with Crippen molar-refractivity contribution in [1.82, 2.24) is 0 Å². The van der Waals surface area contributed by atoms with Crippen LogP contribution in [0.3, 0.4) is 0 Å². The summed E-state index contributed by atoms with van der Waals surface area (Å²) in [6, 6.07) is 19.3. The molecule has 0 radical (unpaired) electrons. The maximum absolute atomic E-state index is 12.3. The van der Waals surface area contributed by atoms with E-state index in [0.29, 0.717) is 25.9 Å². The van der Waals surface area contributed by atoms with Crippen molar-refractivity contribution in [3.63, 3.8) is 0 Å². The normalized spacial score (nSPS) is 20.4. The van der Waals surface area contributed by atoms with Crippen molar-refractivity contribution in [2.45, 2.75) is 95.9 Å². The zero-order chi connectivity index (χ0) is 29.4. The van der Waals surface area contributed by atoms with Crippen molar-refractivity contribution in [3.8, 4) is 0 Å². The van der Waals surface area contributed by atoms with Gasteiger partial charge in [0, 0.05) is 17.6 Å². The number of carbonyl (C=O) groups is 1. The van der Waals surface area contributed by atoms with Gasteiger partial charge in [-0.3, -0.25) is 4.79 Å². The fraction of sp³-hybridized carbons (Fsp3) is 0.567. The molecule has 9 nitrogen and oxygen atoms in total. The van der Waals surface area contributed by atoms with Crippen molar-refractivity contribution in [2.75, 3.05) is 13.2 Å². The van der Waals surface area contributed by atoms with E-state index in [1.807, 2.05) is 26.0 Å². The topological polar surface area (TPSA) is 129 Å². The number of nitrogens with zero attached hydrogens (tertiary/aromatic N) is 3. The molecule has 1 aliphatic rings. The molecule has 4 atom stereocenters. The van der Waals surface area contributed by atoms with Crippen LogP contribution in [-0.2, 0) is 23.4 Å². The molecule has 1 aliphatic heterocycles. The van der Waals surface area contributed by atoms with Gasteiger partial charge in [-0.15, -0.1) is 0 Å². The van der Waals surface area contributed by atoms with Gasteiger partial charge in [-0.1, -0.05) is 86.5 Å². The maximum Gasteiger partial charge on any atom is 0.316 e. The van der Waals surface area contributed by atoms with E-state index in [2.05, 4.69) is 79.3 Å². The zero-order valence-corrected chi connectivity index (χ0v) is 25.6. The number of esters is 1. The molecule has 218 valence electrons. The maximum atomic E-state index is 12.3. The predicted octanol–water partition coefficient (Wildman–Crippen LogP) is 4.82. The first-order chi connectivity index (χ1) is 18.9. The number of azide groups is 1. The van der Waals surface area contributed by atoms with Crippen LogP contribution in [0.1, 0.15) is 60.8 Å². The van der Waals surface area contributed by atoms with E-state index in [1.54, 1.807) is 6.92 Å². The SMILES string of the molecule is CCOC(=O)[C@@H](N=[N+]=[N-])[C@@H](N)CC[C@H]1OC(C)(C)O[C@H]1CCO[Si](c1ccccc1)(c1ccccc1)C(C)(C)C. The molecule has 0 aromatic heterocycles. The number of hydrogen-bond donors (Lipinski definition) is 1. The van der Waals surface area contributed by atoms with E-state index in [4.69, 9.17) is 29.9 Å². The van der Waals surface area contributed by atoms with Crippen LogP contribution >= 0.6 is 0 Å². The second-order valence-electron chi connectivity index (χ2n) is 11.7. The molecular formula is C30H44N4O5Si. The van der Waals surface area contributed by atoms with E-state index < -0.39 is 32.2 Å². The first-order valence-electron chi connectivity index (χ1n) is 14.0. The molecule has 1 saturated heterocycles. The summed E-state index contributed by atoms with van der Waals surface area (Å²) >= 11 is 0. The van der Waals surface area contributed by atoms with Crippen molar-refractivity contribution < 1.29 is 23.4 Å². The molecule has 1 fully saturated rings. The third-order valence-electron chi connectivity index (χ3n) is 7.32. The van der Waals surface area contributed by atoms with Crippen molar-refractivity contribution in [1.29, 1.82) is 0 Å². The van der Waals surface area contributed by atoms with Gasteiger partial charge in [0.1, 0.15) is 6.04 Å². The number of benzene rings is 2. The van der Waals surface area contributed by atoms with Crippen LogP contribution in [-0.4, -0.2) is 57.6 Å². The van der Waals surface area contributed by atoms with Gasteiger partial charge >= 0.3 is 5.97 Å². The lowest BCUT2D eigenvalue weighted by Gasteiger charge is -2.43. The Kier molecular flexibility index (Phi) is 10.9. The van der Waals surface area contributed by atoms with Gasteiger partial charge in [0.15, 0.2) is 5.79 Å². The number of hydrogen-bond acceptors (Lipinski definition) is 7. The van der Waals surface area contributed by atoms with Gasteiger partial charge in [0.25, 0.3) is 8.32 Å². The highest BCUT2D eigenvalue weighted by atomic mass is 28.4. The summed E-state index contributed by atoms with van der Waals surface area (Å²) in [5.74, 6) is -1.38. The highest BCUT2D eigenvalue weighted by molar-refractivity contribution is 6.99. The van der Waals surface area contributed by atoms with E-state index >= 15 is 0 Å². The van der Waals surface area contributed by atoms with Crippen LogP contribution in [0.15, 0.2) is 65.8 Å². The number of carbonyl (C=O) groups excluding carboxylic acids is 1. The molecule has 3 rings (SSSR count). The molecule has 40 heavy (non-hydrogen) atoms. The summed E-state index contributed by atoms with van der Waals surface area (Å²) in [6.45, 7) is 12.9. The Morgan fingerprint density at radius 3 is 2.05 bits per heavy atom. The van der Waals surface area contributed by atoms with Crippen LogP contribution in [0.2, 0.25) is 5.04 Å². The largest absolute Gasteiger partial charge is 0.466 e. The molecule has 0 aliphatic carbocycles. The standard InChI is InChI=1S/C30H44N4O5Si/c1-7-36-28(35)27(33-34-32)24(31)18-19-25-26(39-30(5,6)38-25)20-21-37-40(29(2,3)4,22-14-10-8-11-15-22)23-16-12-9-13-17-23/h8-17,24-27H,7,18-21,31H2,1-6H3/t24-,25+,26-,27-/m0/s1. The summed E-state index contributed by atoms with van der Waals surface area (Å²) in [5, 5.41) is 5.91. The van der Waals surface area contributed by atoms with Crippen molar-refractivity contribution in [3.05, 3.63) is 71.1 Å². The summed E-state index contributed by atoms with van der Waals surface area (Å²) in [5.41, 5.74) is 15.2. The molecule has 2 aromatic carbocycles. The smallest absolute Gasteiger partial charge is 0.316 e. The minimum atomic E-state index is -2.67. The lowest BCUT2D eigenvalue weighted by Crippen LogP contribution is -2.66. The number of nitrogens with two attached hydrogens (primary N) is 1. The van der Waals surface area contributed by atoms with E-state index in [-0.39, 0.29) is 23.9 Å². The van der Waals surface area contributed by atoms with Gasteiger partial charge in [-0.25, -0.2) is 0 Å². The highest BCUT2D eigenvalue weighted by Crippen LogP contribution is 2.38. The van der Waals surface area contributed by atoms with E-state index in [1.165, 1.54) is 10.4 Å². The van der Waals surface area contributed by atoms with E-state index in [9.17, 15) is 4.79 Å². The van der Waals surface area contributed by atoms with Gasteiger partial charge < -0.3 is 24.4 Å². The summed E-state index contributed by atoms with van der Waals surface area (Å²) < 4.78 is 24.6. The highest BCUT2D eigenvalue weighted by Gasteiger charge is 2.50. The monoisotopic (exact) mass is 568 g/mol. The summed E-state index contributed by atoms with van der Waals surface area (Å²) in [6.07, 6.45) is 1.09. The molecule has 0 saturated carbocycles. The molecular weight excluding hydrogens is 524 g/mol. The Bertz CT molecular complexity index is 1100. The Labute approximate surface area is 239 Å². The third kappa shape index (κ3) is 7.51. The molecule has 0 spiro atoms. The molecule has 0 bridgehead atoms. The molecule has 10 heteroatoms. The Balaban J connectivity index is 1.77. The Morgan fingerprint density at radius 1 is 1.05 bits per heavy atom. The first-order valence-corrected chi connectivity index (χ1v) is 15.9. The molecule has 1 heterocycles. The second-order valence-corrected chi connectivity index (χ2v) is 16.0. The lowest BCUT2D eigenvalue weighted by atomic mass is 9.99. The van der Waals surface area contributed by atoms with Crippen LogP contribution in [0.4, 0.5) is 0 Å². The summed E-state index contributed by atoms with van der Waals surface area (Å²) in [7, 11) is -2.67. The average molecular weight is 569 g/mol. The number of rotatable bonds is 13. The van der Waals surface area contributed by atoms with Gasteiger partial charge in [0.2, 0.25) is 0 Å². The number of ether oxygens (including phenoxy) is 3. The summed E-state index contributed by atoms with van der Waals surface area (Å²) in [4.78, 5) is 15.0. The molecule has 0 amide bonds. The molecule has 2 N–H and O–H groups in total. The minimum Gasteiger partial charge on any atom is -0.466 e. The fourth-order valence-corrected chi connectivity index (χ4v) is 10.2. The van der Waals surface area contributed by atoms with Gasteiger partial charge in [-0.05, 0) is 61.0 Å². The van der Waals surface area contributed by atoms with Crippen molar-refractivity contribution in [2.24, 2.45) is 10.8 Å². The van der Waals surface area contributed by atoms with Crippen molar-refractivity contribution >= 4 is 24.7 Å². The fourth-order valence-electron chi connectivity index (χ4n) is 5.59. The van der Waals surface area contributed by atoms with Crippen LogP contribution in [0.25, 0.3) is 10.4 Å².